The minimum atomic E-state index is -1.25. The van der Waals surface area contributed by atoms with Gasteiger partial charge < -0.3 is 4.74 Å². The van der Waals surface area contributed by atoms with Gasteiger partial charge in [-0.1, -0.05) is 76.2 Å². The van der Waals surface area contributed by atoms with Crippen molar-refractivity contribution >= 4 is 0 Å². The maximum absolute atomic E-state index is 15.1. The van der Waals surface area contributed by atoms with E-state index in [1.807, 2.05) is 0 Å². The Morgan fingerprint density at radius 2 is 1.40 bits per heavy atom. The Balaban J connectivity index is 1.63. The van der Waals surface area contributed by atoms with Crippen LogP contribution in [-0.4, -0.2) is 6.61 Å². The van der Waals surface area contributed by atoms with Crippen LogP contribution in [-0.2, 0) is 0 Å². The lowest BCUT2D eigenvalue weighted by Crippen LogP contribution is -2.15. The molecule has 1 saturated carbocycles. The van der Waals surface area contributed by atoms with Gasteiger partial charge in [0, 0.05) is 11.1 Å². The quantitative estimate of drug-likeness (QED) is 0.163. The van der Waals surface area contributed by atoms with Crippen LogP contribution in [0.2, 0.25) is 0 Å². The first kappa shape index (κ1) is 27.3. The molecule has 0 saturated heterocycles. The normalized spacial score (nSPS) is 18.3. The van der Waals surface area contributed by atoms with Gasteiger partial charge in [0.15, 0.2) is 23.2 Å². The fourth-order valence-corrected chi connectivity index (χ4v) is 5.15. The Kier molecular flexibility index (Phi) is 10.7. The van der Waals surface area contributed by atoms with E-state index in [0.29, 0.717) is 11.5 Å². The highest BCUT2D eigenvalue weighted by molar-refractivity contribution is 5.66. The Morgan fingerprint density at radius 3 is 2.09 bits per heavy atom. The summed E-state index contributed by atoms with van der Waals surface area (Å²) in [6, 6.07) is 5.39. The zero-order valence-corrected chi connectivity index (χ0v) is 21.0. The fraction of sp³-hybridized carbons (Fsp3) is 0.533. The highest BCUT2D eigenvalue weighted by Gasteiger charge is 2.27. The SMILES string of the molecule is C/C=C/COc1ccc(-c2ccc(C3CCC(CCCCCCCC)CC3)c(F)c2F)c(F)c1F. The van der Waals surface area contributed by atoms with Crippen molar-refractivity contribution in [3.63, 3.8) is 0 Å². The lowest BCUT2D eigenvalue weighted by atomic mass is 9.76. The second-order valence-electron chi connectivity index (χ2n) is 9.72. The second kappa shape index (κ2) is 13.7. The van der Waals surface area contributed by atoms with E-state index in [9.17, 15) is 8.78 Å². The molecule has 1 nitrogen and oxygen atoms in total. The summed E-state index contributed by atoms with van der Waals surface area (Å²) in [5, 5.41) is 0. The second-order valence-corrected chi connectivity index (χ2v) is 9.72. The van der Waals surface area contributed by atoms with E-state index in [-0.39, 0.29) is 29.4 Å². The Labute approximate surface area is 207 Å². The van der Waals surface area contributed by atoms with Crippen LogP contribution >= 0.6 is 0 Å². The molecule has 0 radical (unpaired) electrons. The summed E-state index contributed by atoms with van der Waals surface area (Å²) >= 11 is 0. The summed E-state index contributed by atoms with van der Waals surface area (Å²) in [6.45, 7) is 4.09. The molecule has 2 aromatic rings. The van der Waals surface area contributed by atoms with Gasteiger partial charge in [0.05, 0.1) is 0 Å². The van der Waals surface area contributed by atoms with Crippen molar-refractivity contribution in [2.75, 3.05) is 6.61 Å². The van der Waals surface area contributed by atoms with Gasteiger partial charge in [-0.15, -0.1) is 0 Å². The van der Waals surface area contributed by atoms with E-state index >= 15 is 8.78 Å². The summed E-state index contributed by atoms with van der Waals surface area (Å²) < 4.78 is 64.4. The summed E-state index contributed by atoms with van der Waals surface area (Å²) in [5.74, 6) is -4.17. The third-order valence-electron chi connectivity index (χ3n) is 7.27. The van der Waals surface area contributed by atoms with Crippen LogP contribution in [0.15, 0.2) is 36.4 Å². The topological polar surface area (TPSA) is 9.23 Å². The molecule has 0 aliphatic heterocycles. The molecule has 0 spiro atoms. The molecular weight excluding hydrogens is 452 g/mol. The lowest BCUT2D eigenvalue weighted by molar-refractivity contribution is 0.297. The average Bonchev–Trinajstić information content (AvgIpc) is 2.87. The van der Waals surface area contributed by atoms with Gasteiger partial charge in [0.25, 0.3) is 0 Å². The fourth-order valence-electron chi connectivity index (χ4n) is 5.15. The highest BCUT2D eigenvalue weighted by atomic mass is 19.2. The molecule has 35 heavy (non-hydrogen) atoms. The van der Waals surface area contributed by atoms with E-state index in [1.165, 1.54) is 63.1 Å². The largest absolute Gasteiger partial charge is 0.486 e. The minimum Gasteiger partial charge on any atom is -0.486 e. The van der Waals surface area contributed by atoms with Gasteiger partial charge >= 0.3 is 0 Å². The monoisotopic (exact) mass is 490 g/mol. The average molecular weight is 491 g/mol. The molecule has 0 amide bonds. The van der Waals surface area contributed by atoms with Crippen molar-refractivity contribution in [2.24, 2.45) is 5.92 Å². The molecule has 3 rings (SSSR count). The molecule has 0 heterocycles. The molecule has 1 fully saturated rings. The number of rotatable bonds is 12. The minimum absolute atomic E-state index is 0.0386. The standard InChI is InChI=1S/C30H38F4O/c1-3-5-7-8-9-10-11-21-12-14-22(15-13-21)23-16-17-24(28(32)27(23)31)25-18-19-26(30(34)29(25)33)35-20-6-4-2/h4,6,16-19,21-22H,3,5,7-15,20H2,1-2H3/b6-4+. The van der Waals surface area contributed by atoms with Gasteiger partial charge in [-0.2, -0.15) is 4.39 Å². The van der Waals surface area contributed by atoms with Crippen molar-refractivity contribution in [3.8, 4) is 16.9 Å². The molecule has 1 aliphatic rings. The van der Waals surface area contributed by atoms with Crippen LogP contribution in [0.1, 0.15) is 96.0 Å². The number of hydrogen-bond donors (Lipinski definition) is 0. The van der Waals surface area contributed by atoms with Crippen LogP contribution in [0.5, 0.6) is 5.75 Å². The number of halogens is 4. The summed E-state index contributed by atoms with van der Waals surface area (Å²) in [4.78, 5) is 0. The number of ether oxygens (including phenoxy) is 1. The zero-order chi connectivity index (χ0) is 25.2. The molecule has 2 aromatic carbocycles. The lowest BCUT2D eigenvalue weighted by Gasteiger charge is -2.29. The van der Waals surface area contributed by atoms with Crippen molar-refractivity contribution in [1.29, 1.82) is 0 Å². The van der Waals surface area contributed by atoms with E-state index in [4.69, 9.17) is 4.74 Å². The van der Waals surface area contributed by atoms with Gasteiger partial charge in [-0.05, 0) is 62.1 Å². The van der Waals surface area contributed by atoms with Gasteiger partial charge in [0.2, 0.25) is 5.82 Å². The van der Waals surface area contributed by atoms with E-state index < -0.39 is 23.3 Å². The predicted octanol–water partition coefficient (Wildman–Crippen LogP) is 9.89. The van der Waals surface area contributed by atoms with Crippen LogP contribution in [0.4, 0.5) is 17.6 Å². The Bertz CT molecular complexity index is 977. The summed E-state index contributed by atoms with van der Waals surface area (Å²) in [6.07, 6.45) is 16.0. The van der Waals surface area contributed by atoms with Crippen LogP contribution in [0, 0.1) is 29.2 Å². The van der Waals surface area contributed by atoms with Gasteiger partial charge in [-0.3, -0.25) is 0 Å². The first-order chi connectivity index (χ1) is 17.0. The van der Waals surface area contributed by atoms with Crippen LogP contribution in [0.25, 0.3) is 11.1 Å². The van der Waals surface area contributed by atoms with E-state index in [0.717, 1.165) is 25.7 Å². The van der Waals surface area contributed by atoms with Crippen molar-refractivity contribution in [1.82, 2.24) is 0 Å². The van der Waals surface area contributed by atoms with E-state index in [1.54, 1.807) is 25.1 Å². The number of benzene rings is 2. The zero-order valence-electron chi connectivity index (χ0n) is 21.0. The molecule has 192 valence electrons. The number of hydrogen-bond acceptors (Lipinski definition) is 1. The molecule has 5 heteroatoms. The highest BCUT2D eigenvalue weighted by Crippen LogP contribution is 2.41. The van der Waals surface area contributed by atoms with Gasteiger partial charge in [0.1, 0.15) is 6.61 Å². The third-order valence-corrected chi connectivity index (χ3v) is 7.27. The first-order valence-electron chi connectivity index (χ1n) is 13.2. The summed E-state index contributed by atoms with van der Waals surface area (Å²) in [7, 11) is 0. The molecule has 1 aliphatic carbocycles. The Morgan fingerprint density at radius 1 is 0.771 bits per heavy atom. The van der Waals surface area contributed by atoms with Gasteiger partial charge in [-0.25, -0.2) is 13.2 Å². The molecule has 0 aromatic heterocycles. The molecule has 0 atom stereocenters. The Hall–Kier alpha value is -2.30. The van der Waals surface area contributed by atoms with Crippen LogP contribution < -0.4 is 4.74 Å². The molecule has 0 N–H and O–H groups in total. The predicted molar refractivity (Wildman–Crippen MR) is 135 cm³/mol. The van der Waals surface area contributed by atoms with Crippen LogP contribution in [0.3, 0.4) is 0 Å². The molecule has 0 unspecified atom stereocenters. The third kappa shape index (κ3) is 7.11. The van der Waals surface area contributed by atoms with Crippen molar-refractivity contribution in [3.05, 3.63) is 65.2 Å². The molecule has 0 bridgehead atoms. The maximum Gasteiger partial charge on any atom is 0.201 e. The van der Waals surface area contributed by atoms with Crippen molar-refractivity contribution < 1.29 is 22.3 Å². The maximum atomic E-state index is 15.1. The van der Waals surface area contributed by atoms with Crippen molar-refractivity contribution in [2.45, 2.75) is 90.4 Å². The number of unbranched alkanes of at least 4 members (excludes halogenated alkanes) is 5. The smallest absolute Gasteiger partial charge is 0.201 e. The van der Waals surface area contributed by atoms with E-state index in [2.05, 4.69) is 6.92 Å². The molecular formula is C30H38F4O. The first-order valence-corrected chi connectivity index (χ1v) is 13.2. The summed E-state index contributed by atoms with van der Waals surface area (Å²) in [5.41, 5.74) is -0.248. The number of allylic oxidation sites excluding steroid dienone is 1.